The molecule has 2 aromatic rings. The molecule has 0 unspecified atom stereocenters. The van der Waals surface area contributed by atoms with E-state index in [2.05, 4.69) is 5.32 Å². The van der Waals surface area contributed by atoms with Crippen molar-refractivity contribution in [1.82, 2.24) is 4.90 Å². The van der Waals surface area contributed by atoms with Crippen molar-refractivity contribution in [3.05, 3.63) is 70.3 Å². The van der Waals surface area contributed by atoms with E-state index in [0.29, 0.717) is 17.0 Å². The Morgan fingerprint density at radius 2 is 1.96 bits per heavy atom. The summed E-state index contributed by atoms with van der Waals surface area (Å²) in [5, 5.41) is 13.4. The van der Waals surface area contributed by atoms with E-state index in [9.17, 15) is 19.7 Å². The number of rotatable bonds is 7. The van der Waals surface area contributed by atoms with Gasteiger partial charge in [-0.15, -0.1) is 0 Å². The summed E-state index contributed by atoms with van der Waals surface area (Å²) in [7, 11) is 3.02. The third-order valence-corrected chi connectivity index (χ3v) is 3.61. The maximum absolute atomic E-state index is 12.1. The average Bonchev–Trinajstić information content (AvgIpc) is 2.66. The Morgan fingerprint density at radius 1 is 1.22 bits per heavy atom. The Morgan fingerprint density at radius 3 is 2.67 bits per heavy atom. The number of amides is 2. The molecule has 0 atom stereocenters. The molecule has 8 nitrogen and oxygen atoms in total. The van der Waals surface area contributed by atoms with Crippen molar-refractivity contribution in [3.63, 3.8) is 0 Å². The van der Waals surface area contributed by atoms with Crippen LogP contribution in [0.4, 0.5) is 11.4 Å². The first-order valence-electron chi connectivity index (χ1n) is 8.00. The van der Waals surface area contributed by atoms with E-state index in [1.807, 2.05) is 0 Å². The number of carbonyl (C=O) groups is 2. The molecule has 0 aliphatic carbocycles. The van der Waals surface area contributed by atoms with E-state index in [-0.39, 0.29) is 18.1 Å². The van der Waals surface area contributed by atoms with Gasteiger partial charge in [0.15, 0.2) is 0 Å². The summed E-state index contributed by atoms with van der Waals surface area (Å²) < 4.78 is 5.09. The van der Waals surface area contributed by atoms with Crippen molar-refractivity contribution in [2.24, 2.45) is 0 Å². The Labute approximate surface area is 156 Å². The van der Waals surface area contributed by atoms with Crippen LogP contribution in [0, 0.1) is 10.1 Å². The van der Waals surface area contributed by atoms with Gasteiger partial charge in [-0.05, 0) is 23.8 Å². The summed E-state index contributed by atoms with van der Waals surface area (Å²) in [4.78, 5) is 35.7. The molecule has 2 amide bonds. The summed E-state index contributed by atoms with van der Waals surface area (Å²) in [5.74, 6) is -0.151. The first kappa shape index (κ1) is 19.6. The van der Waals surface area contributed by atoms with Gasteiger partial charge in [-0.1, -0.05) is 18.2 Å². The van der Waals surface area contributed by atoms with Crippen LogP contribution < -0.4 is 10.1 Å². The molecule has 2 aromatic carbocycles. The third-order valence-electron chi connectivity index (χ3n) is 3.61. The lowest BCUT2D eigenvalue weighted by atomic mass is 10.2. The number of carbonyl (C=O) groups excluding carboxylic acids is 2. The zero-order valence-corrected chi connectivity index (χ0v) is 14.9. The second-order valence-electron chi connectivity index (χ2n) is 5.66. The molecule has 0 bridgehead atoms. The molecule has 27 heavy (non-hydrogen) atoms. The number of likely N-dealkylation sites (N-methyl/N-ethyl adjacent to an activating group) is 1. The van der Waals surface area contributed by atoms with Crippen LogP contribution in [-0.4, -0.2) is 42.3 Å². The van der Waals surface area contributed by atoms with Gasteiger partial charge in [0.1, 0.15) is 5.75 Å². The molecule has 0 aromatic heterocycles. The van der Waals surface area contributed by atoms with E-state index >= 15 is 0 Å². The van der Waals surface area contributed by atoms with Crippen molar-refractivity contribution in [2.75, 3.05) is 26.0 Å². The zero-order chi connectivity index (χ0) is 19.8. The van der Waals surface area contributed by atoms with Gasteiger partial charge in [0.05, 0.1) is 18.6 Å². The Kier molecular flexibility index (Phi) is 6.65. The highest BCUT2D eigenvalue weighted by molar-refractivity contribution is 5.98. The van der Waals surface area contributed by atoms with Gasteiger partial charge < -0.3 is 15.0 Å². The summed E-state index contributed by atoms with van der Waals surface area (Å²) in [5.41, 5.74) is 1.02. The van der Waals surface area contributed by atoms with Crippen molar-refractivity contribution >= 4 is 29.3 Å². The molecule has 0 saturated heterocycles. The maximum Gasteiger partial charge on any atom is 0.270 e. The predicted molar refractivity (Wildman–Crippen MR) is 101 cm³/mol. The molecule has 1 N–H and O–H groups in total. The van der Waals surface area contributed by atoms with E-state index < -0.39 is 10.8 Å². The Hall–Kier alpha value is -3.68. The molecule has 8 heteroatoms. The van der Waals surface area contributed by atoms with E-state index in [0.717, 1.165) is 0 Å². The smallest absolute Gasteiger partial charge is 0.270 e. The number of anilines is 1. The molecular weight excluding hydrogens is 350 g/mol. The summed E-state index contributed by atoms with van der Waals surface area (Å²) in [6.45, 7) is -0.144. The van der Waals surface area contributed by atoms with Gasteiger partial charge in [-0.2, -0.15) is 0 Å². The van der Waals surface area contributed by atoms with Crippen LogP contribution in [0.2, 0.25) is 0 Å². The fraction of sp³-hybridized carbons (Fsp3) is 0.158. The van der Waals surface area contributed by atoms with E-state index in [1.54, 1.807) is 30.3 Å². The molecule has 0 radical (unpaired) electrons. The van der Waals surface area contributed by atoms with Crippen LogP contribution >= 0.6 is 0 Å². The topological polar surface area (TPSA) is 102 Å². The van der Waals surface area contributed by atoms with Crippen molar-refractivity contribution in [3.8, 4) is 5.75 Å². The lowest BCUT2D eigenvalue weighted by Crippen LogP contribution is -2.33. The first-order chi connectivity index (χ1) is 12.9. The Balaban J connectivity index is 1.93. The minimum Gasteiger partial charge on any atom is -0.497 e. The number of hydrogen-bond donors (Lipinski definition) is 1. The number of nitrogens with one attached hydrogen (secondary N) is 1. The quantitative estimate of drug-likeness (QED) is 0.459. The molecular formula is C19H19N3O5. The van der Waals surface area contributed by atoms with Crippen LogP contribution in [0.3, 0.4) is 0 Å². The third kappa shape index (κ3) is 5.96. The lowest BCUT2D eigenvalue weighted by Gasteiger charge is -2.15. The second-order valence-corrected chi connectivity index (χ2v) is 5.66. The molecule has 0 spiro atoms. The highest BCUT2D eigenvalue weighted by atomic mass is 16.6. The van der Waals surface area contributed by atoms with Gasteiger partial charge in [0, 0.05) is 37.0 Å². The van der Waals surface area contributed by atoms with Crippen LogP contribution in [0.5, 0.6) is 5.75 Å². The summed E-state index contributed by atoms with van der Waals surface area (Å²) in [6, 6.07) is 12.8. The summed E-state index contributed by atoms with van der Waals surface area (Å²) in [6.07, 6.45) is 2.73. The standard InChI is InChI=1S/C19H19N3O5/c1-21(13-18(23)20-15-6-4-8-17(12-15)27-2)19(24)10-9-14-5-3-7-16(11-14)22(25)26/h3-12H,13H2,1-2H3,(H,20,23)/b10-9+. The van der Waals surface area contributed by atoms with Crippen LogP contribution in [-0.2, 0) is 9.59 Å². The van der Waals surface area contributed by atoms with Crippen LogP contribution in [0.25, 0.3) is 6.08 Å². The van der Waals surface area contributed by atoms with Crippen LogP contribution in [0.15, 0.2) is 54.6 Å². The van der Waals surface area contributed by atoms with Gasteiger partial charge in [0.2, 0.25) is 11.8 Å². The normalized spacial score (nSPS) is 10.4. The second kappa shape index (κ2) is 9.14. The van der Waals surface area contributed by atoms with E-state index in [1.165, 1.54) is 49.4 Å². The van der Waals surface area contributed by atoms with Gasteiger partial charge in [0.25, 0.3) is 5.69 Å². The molecule has 0 heterocycles. The fourth-order valence-electron chi connectivity index (χ4n) is 2.23. The van der Waals surface area contributed by atoms with Crippen molar-refractivity contribution < 1.29 is 19.2 Å². The molecule has 2 rings (SSSR count). The average molecular weight is 369 g/mol. The van der Waals surface area contributed by atoms with Gasteiger partial charge in [-0.3, -0.25) is 19.7 Å². The SMILES string of the molecule is COc1cccc(NC(=O)CN(C)C(=O)/C=C/c2cccc([N+](=O)[O-])c2)c1. The number of non-ortho nitro benzene ring substituents is 1. The number of hydrogen-bond acceptors (Lipinski definition) is 5. The van der Waals surface area contributed by atoms with Gasteiger partial charge in [-0.25, -0.2) is 0 Å². The maximum atomic E-state index is 12.1. The number of nitrogens with zero attached hydrogens (tertiary/aromatic N) is 2. The van der Waals surface area contributed by atoms with Crippen molar-refractivity contribution in [2.45, 2.75) is 0 Å². The highest BCUT2D eigenvalue weighted by Crippen LogP contribution is 2.17. The minimum atomic E-state index is -0.506. The zero-order valence-electron chi connectivity index (χ0n) is 14.9. The first-order valence-corrected chi connectivity index (χ1v) is 8.00. The molecule has 0 aliphatic rings. The number of ether oxygens (including phenoxy) is 1. The molecule has 140 valence electrons. The van der Waals surface area contributed by atoms with Crippen molar-refractivity contribution in [1.29, 1.82) is 0 Å². The van der Waals surface area contributed by atoms with E-state index in [4.69, 9.17) is 4.74 Å². The lowest BCUT2D eigenvalue weighted by molar-refractivity contribution is -0.384. The predicted octanol–water partition coefficient (Wildman–Crippen LogP) is 2.71. The Bertz CT molecular complexity index is 879. The largest absolute Gasteiger partial charge is 0.497 e. The summed E-state index contributed by atoms with van der Waals surface area (Å²) >= 11 is 0. The number of nitro benzene ring substituents is 1. The minimum absolute atomic E-state index is 0.0596. The van der Waals surface area contributed by atoms with Gasteiger partial charge >= 0.3 is 0 Å². The number of nitro groups is 1. The molecule has 0 aliphatic heterocycles. The monoisotopic (exact) mass is 369 g/mol. The molecule has 0 saturated carbocycles. The van der Waals surface area contributed by atoms with Crippen LogP contribution in [0.1, 0.15) is 5.56 Å². The highest BCUT2D eigenvalue weighted by Gasteiger charge is 2.11. The number of benzene rings is 2. The number of methoxy groups -OCH3 is 1. The molecule has 0 fully saturated rings. The fourth-order valence-corrected chi connectivity index (χ4v) is 2.23.